The molecule has 0 aromatic carbocycles. The van der Waals surface area contributed by atoms with E-state index in [1.807, 2.05) is 0 Å². The number of nitrogens with one attached hydrogen (secondary N) is 1. The van der Waals surface area contributed by atoms with Crippen LogP contribution in [0.3, 0.4) is 0 Å². The van der Waals surface area contributed by atoms with Gasteiger partial charge >= 0.3 is 6.01 Å². The van der Waals surface area contributed by atoms with Gasteiger partial charge in [0.05, 0.1) is 6.54 Å². The predicted octanol–water partition coefficient (Wildman–Crippen LogP) is 1.70. The van der Waals surface area contributed by atoms with Gasteiger partial charge in [0.25, 0.3) is 0 Å². The summed E-state index contributed by atoms with van der Waals surface area (Å²) >= 11 is 0. The molecule has 0 saturated heterocycles. The fraction of sp³-hybridized carbons (Fsp3) is 0.833. The van der Waals surface area contributed by atoms with Crippen molar-refractivity contribution in [2.75, 3.05) is 11.4 Å². The Kier molecular flexibility index (Phi) is 3.01. The van der Waals surface area contributed by atoms with Crippen LogP contribution in [-0.2, 0) is 6.54 Å². The fourth-order valence-corrected chi connectivity index (χ4v) is 2.01. The highest BCUT2D eigenvalue weighted by atomic mass is 16.4. The summed E-state index contributed by atoms with van der Waals surface area (Å²) in [5, 5.41) is 11.7. The van der Waals surface area contributed by atoms with Gasteiger partial charge in [-0.15, -0.1) is 5.10 Å². The van der Waals surface area contributed by atoms with Gasteiger partial charge in [0.1, 0.15) is 0 Å². The first-order chi connectivity index (χ1) is 8.36. The van der Waals surface area contributed by atoms with Gasteiger partial charge in [0, 0.05) is 18.6 Å². The van der Waals surface area contributed by atoms with Gasteiger partial charge in [0.15, 0.2) is 0 Å². The molecule has 0 amide bonds. The average molecular weight is 236 g/mol. The van der Waals surface area contributed by atoms with E-state index in [0.29, 0.717) is 30.5 Å². The van der Waals surface area contributed by atoms with Crippen molar-refractivity contribution in [1.82, 2.24) is 15.5 Å². The smallest absolute Gasteiger partial charge is 0.318 e. The summed E-state index contributed by atoms with van der Waals surface area (Å²) in [5.74, 6) is 0.716. The Hall–Kier alpha value is -1.10. The van der Waals surface area contributed by atoms with Gasteiger partial charge in [-0.2, -0.15) is 0 Å². The second kappa shape index (κ2) is 4.64. The summed E-state index contributed by atoms with van der Waals surface area (Å²) in [5.41, 5.74) is 0. The number of anilines is 1. The summed E-state index contributed by atoms with van der Waals surface area (Å²) < 4.78 is 5.72. The van der Waals surface area contributed by atoms with Crippen molar-refractivity contribution in [3.63, 3.8) is 0 Å². The van der Waals surface area contributed by atoms with E-state index in [0.717, 1.165) is 13.0 Å². The van der Waals surface area contributed by atoms with Gasteiger partial charge in [0.2, 0.25) is 5.89 Å². The van der Waals surface area contributed by atoms with Crippen LogP contribution in [0.1, 0.15) is 44.9 Å². The van der Waals surface area contributed by atoms with Crippen LogP contribution in [0.4, 0.5) is 6.01 Å². The van der Waals surface area contributed by atoms with Crippen molar-refractivity contribution in [1.29, 1.82) is 0 Å². The third-order valence-electron chi connectivity index (χ3n) is 3.27. The molecule has 1 heterocycles. The van der Waals surface area contributed by atoms with E-state index in [-0.39, 0.29) is 0 Å². The highest BCUT2D eigenvalue weighted by Gasteiger charge is 2.31. The molecular weight excluding hydrogens is 216 g/mol. The SMILES string of the molecule is CCCN(c1nnc(CNC2CC2)o1)C1CC1. The zero-order valence-corrected chi connectivity index (χ0v) is 10.4. The summed E-state index contributed by atoms with van der Waals surface area (Å²) in [4.78, 5) is 2.26. The fourth-order valence-electron chi connectivity index (χ4n) is 2.01. The van der Waals surface area contributed by atoms with E-state index < -0.39 is 0 Å². The molecule has 5 nitrogen and oxygen atoms in total. The number of nitrogens with zero attached hydrogens (tertiary/aromatic N) is 3. The van der Waals surface area contributed by atoms with E-state index in [9.17, 15) is 0 Å². The molecule has 0 bridgehead atoms. The summed E-state index contributed by atoms with van der Waals surface area (Å²) in [7, 11) is 0. The van der Waals surface area contributed by atoms with Crippen LogP contribution in [0, 0.1) is 0 Å². The largest absolute Gasteiger partial charge is 0.407 e. The highest BCUT2D eigenvalue weighted by molar-refractivity contribution is 5.29. The molecule has 2 aliphatic carbocycles. The third-order valence-corrected chi connectivity index (χ3v) is 3.27. The van der Waals surface area contributed by atoms with Crippen LogP contribution >= 0.6 is 0 Å². The molecular formula is C12H20N4O. The van der Waals surface area contributed by atoms with Gasteiger partial charge < -0.3 is 14.6 Å². The quantitative estimate of drug-likeness (QED) is 0.781. The third kappa shape index (κ3) is 2.77. The van der Waals surface area contributed by atoms with Gasteiger partial charge in [-0.25, -0.2) is 0 Å². The second-order valence-corrected chi connectivity index (χ2v) is 5.06. The topological polar surface area (TPSA) is 54.2 Å². The molecule has 0 atom stereocenters. The summed E-state index contributed by atoms with van der Waals surface area (Å²) in [6, 6.07) is 2.03. The van der Waals surface area contributed by atoms with E-state index in [4.69, 9.17) is 4.42 Å². The van der Waals surface area contributed by atoms with E-state index >= 15 is 0 Å². The first-order valence-electron chi connectivity index (χ1n) is 6.69. The molecule has 2 saturated carbocycles. The zero-order chi connectivity index (χ0) is 11.7. The zero-order valence-electron chi connectivity index (χ0n) is 10.4. The molecule has 1 aromatic heterocycles. The van der Waals surface area contributed by atoms with Crippen molar-refractivity contribution >= 4 is 6.01 Å². The van der Waals surface area contributed by atoms with Gasteiger partial charge in [-0.1, -0.05) is 12.0 Å². The van der Waals surface area contributed by atoms with Crippen molar-refractivity contribution in [2.24, 2.45) is 0 Å². The maximum Gasteiger partial charge on any atom is 0.318 e. The second-order valence-electron chi connectivity index (χ2n) is 5.06. The molecule has 0 radical (unpaired) electrons. The van der Waals surface area contributed by atoms with Gasteiger partial charge in [-0.05, 0) is 32.1 Å². The first kappa shape index (κ1) is 11.0. The molecule has 3 rings (SSSR count). The number of aromatic nitrogens is 2. The summed E-state index contributed by atoms with van der Waals surface area (Å²) in [6.07, 6.45) is 6.21. The lowest BCUT2D eigenvalue weighted by atomic mass is 10.4. The van der Waals surface area contributed by atoms with Crippen LogP contribution in [0.25, 0.3) is 0 Å². The van der Waals surface area contributed by atoms with Crippen LogP contribution in [0.5, 0.6) is 0 Å². The summed E-state index contributed by atoms with van der Waals surface area (Å²) in [6.45, 7) is 3.91. The Labute approximate surface area is 102 Å². The Balaban J connectivity index is 1.60. The molecule has 17 heavy (non-hydrogen) atoms. The molecule has 94 valence electrons. The molecule has 2 fully saturated rings. The molecule has 1 aromatic rings. The lowest BCUT2D eigenvalue weighted by Gasteiger charge is -2.18. The minimum absolute atomic E-state index is 0.639. The molecule has 2 aliphatic rings. The monoisotopic (exact) mass is 236 g/mol. The minimum Gasteiger partial charge on any atom is -0.407 e. The standard InChI is InChI=1S/C12H20N4O/c1-2-7-16(10-5-6-10)12-15-14-11(17-12)8-13-9-3-4-9/h9-10,13H,2-8H2,1H3. The molecule has 0 spiro atoms. The Bertz CT molecular complexity index is 370. The minimum atomic E-state index is 0.639. The van der Waals surface area contributed by atoms with Crippen LogP contribution < -0.4 is 10.2 Å². The van der Waals surface area contributed by atoms with Crippen molar-refractivity contribution < 1.29 is 4.42 Å². The Morgan fingerprint density at radius 2 is 2.12 bits per heavy atom. The van der Waals surface area contributed by atoms with Crippen LogP contribution in [-0.4, -0.2) is 28.8 Å². The number of hydrogen-bond acceptors (Lipinski definition) is 5. The van der Waals surface area contributed by atoms with Crippen molar-refractivity contribution in [2.45, 2.75) is 57.7 Å². The molecule has 5 heteroatoms. The van der Waals surface area contributed by atoms with Crippen molar-refractivity contribution in [3.8, 4) is 0 Å². The highest BCUT2D eigenvalue weighted by Crippen LogP contribution is 2.31. The lowest BCUT2D eigenvalue weighted by Crippen LogP contribution is -2.26. The molecule has 0 aliphatic heterocycles. The van der Waals surface area contributed by atoms with Crippen LogP contribution in [0.15, 0.2) is 4.42 Å². The maximum absolute atomic E-state index is 5.72. The Morgan fingerprint density at radius 1 is 1.29 bits per heavy atom. The predicted molar refractivity (Wildman–Crippen MR) is 64.8 cm³/mol. The van der Waals surface area contributed by atoms with E-state index in [1.165, 1.54) is 25.7 Å². The maximum atomic E-state index is 5.72. The first-order valence-corrected chi connectivity index (χ1v) is 6.69. The Morgan fingerprint density at radius 3 is 2.76 bits per heavy atom. The van der Waals surface area contributed by atoms with Gasteiger partial charge in [-0.3, -0.25) is 0 Å². The number of rotatable bonds is 7. The average Bonchev–Trinajstić information content (AvgIpc) is 3.23. The van der Waals surface area contributed by atoms with Crippen molar-refractivity contribution in [3.05, 3.63) is 5.89 Å². The van der Waals surface area contributed by atoms with E-state index in [2.05, 4.69) is 27.3 Å². The molecule has 0 unspecified atom stereocenters. The number of hydrogen-bond donors (Lipinski definition) is 1. The normalized spacial score (nSPS) is 19.6. The molecule has 1 N–H and O–H groups in total. The van der Waals surface area contributed by atoms with Crippen LogP contribution in [0.2, 0.25) is 0 Å². The lowest BCUT2D eigenvalue weighted by molar-refractivity contribution is 0.458. The van der Waals surface area contributed by atoms with E-state index in [1.54, 1.807) is 0 Å².